The van der Waals surface area contributed by atoms with Gasteiger partial charge in [-0.3, -0.25) is 0 Å². The normalized spacial score (nSPS) is 13.4. The fourth-order valence-electron chi connectivity index (χ4n) is 11.0. The second-order valence-corrected chi connectivity index (χ2v) is 18.0. The molecule has 5 nitrogen and oxygen atoms in total. The maximum absolute atomic E-state index is 6.94. The van der Waals surface area contributed by atoms with Gasteiger partial charge in [0.2, 0.25) is 0 Å². The van der Waals surface area contributed by atoms with Crippen molar-refractivity contribution < 1.29 is 13.9 Å². The molecule has 0 saturated heterocycles. The van der Waals surface area contributed by atoms with E-state index >= 15 is 0 Å². The number of hydrogen-bond donors (Lipinski definition) is 0. The third kappa shape index (κ3) is 5.28. The Morgan fingerprint density at radius 1 is 0.348 bits per heavy atom. The zero-order chi connectivity index (χ0) is 43.7. The highest BCUT2D eigenvalue weighted by atomic mass is 16.5. The monoisotopic (exact) mass is 848 g/mol. The molecule has 312 valence electrons. The molecule has 2 aliphatic heterocycles. The van der Waals surface area contributed by atoms with E-state index in [9.17, 15) is 0 Å². The van der Waals surface area contributed by atoms with E-state index in [2.05, 4.69) is 212 Å². The summed E-state index contributed by atoms with van der Waals surface area (Å²) in [4.78, 5) is 4.60. The summed E-state index contributed by atoms with van der Waals surface area (Å²) in [5, 5.41) is 4.29. The summed E-state index contributed by atoms with van der Waals surface area (Å²) in [7, 11) is 0. The van der Waals surface area contributed by atoms with Crippen LogP contribution in [0.2, 0.25) is 0 Å². The van der Waals surface area contributed by atoms with Gasteiger partial charge in [-0.15, -0.1) is 0 Å². The van der Waals surface area contributed by atoms with Crippen molar-refractivity contribution in [1.29, 1.82) is 0 Å². The Morgan fingerprint density at radius 2 is 0.864 bits per heavy atom. The van der Waals surface area contributed by atoms with Crippen LogP contribution >= 0.6 is 0 Å². The Hall–Kier alpha value is -8.54. The molecule has 5 heteroatoms. The second-order valence-electron chi connectivity index (χ2n) is 18.0. The number of ether oxygens (including phenoxy) is 2. The van der Waals surface area contributed by atoms with E-state index in [1.165, 1.54) is 22.3 Å². The Balaban J connectivity index is 0.860. The first-order chi connectivity index (χ1) is 32.5. The number of para-hydroxylation sites is 4. The van der Waals surface area contributed by atoms with E-state index < -0.39 is 0 Å². The van der Waals surface area contributed by atoms with E-state index in [-0.39, 0.29) is 5.41 Å². The van der Waals surface area contributed by atoms with E-state index in [0.717, 1.165) is 112 Å². The lowest BCUT2D eigenvalue weighted by molar-refractivity contribution is 0.480. The lowest BCUT2D eigenvalue weighted by atomic mass is 9.82. The van der Waals surface area contributed by atoms with E-state index in [4.69, 9.17) is 13.9 Å². The largest absolute Gasteiger partial charge is 0.456 e. The Bertz CT molecular complexity index is 3810. The van der Waals surface area contributed by atoms with Crippen LogP contribution in [0.4, 0.5) is 34.1 Å². The zero-order valence-corrected chi connectivity index (χ0v) is 36.2. The third-order valence-corrected chi connectivity index (χ3v) is 14.0. The van der Waals surface area contributed by atoms with Crippen molar-refractivity contribution >= 4 is 66.8 Å². The lowest BCUT2D eigenvalue weighted by Gasteiger charge is -2.31. The number of fused-ring (bicyclic) bond motifs is 10. The summed E-state index contributed by atoms with van der Waals surface area (Å²) < 4.78 is 20.4. The molecule has 0 bridgehead atoms. The van der Waals surface area contributed by atoms with Crippen molar-refractivity contribution in [2.45, 2.75) is 19.3 Å². The summed E-state index contributed by atoms with van der Waals surface area (Å²) in [6, 6.07) is 73.2. The molecule has 11 aromatic rings. The SMILES string of the molecule is CC1(C)c2ccccc2-c2ccc(N(c3ccccc3)c3ccc4c(c3)Oc3ccc5c6c(ccc-4c36)Oc3cc(N(c4ccccc4)c4cccc6c4oc4ccccc46)ccc3-5)cc21. The van der Waals surface area contributed by atoms with Crippen LogP contribution in [0.15, 0.2) is 211 Å². The van der Waals surface area contributed by atoms with Crippen molar-refractivity contribution in [3.05, 3.63) is 217 Å². The summed E-state index contributed by atoms with van der Waals surface area (Å²) in [5.41, 5.74) is 17.4. The van der Waals surface area contributed by atoms with Gasteiger partial charge in [0.15, 0.2) is 5.58 Å². The fourth-order valence-corrected chi connectivity index (χ4v) is 11.0. The van der Waals surface area contributed by atoms with Gasteiger partial charge in [-0.1, -0.05) is 111 Å². The molecule has 0 fully saturated rings. The van der Waals surface area contributed by atoms with Gasteiger partial charge in [-0.2, -0.15) is 0 Å². The molecule has 66 heavy (non-hydrogen) atoms. The van der Waals surface area contributed by atoms with Crippen LogP contribution in [0.3, 0.4) is 0 Å². The Labute approximate surface area is 381 Å². The highest BCUT2D eigenvalue weighted by molar-refractivity contribution is 6.15. The van der Waals surface area contributed by atoms with E-state index in [0.29, 0.717) is 0 Å². The minimum atomic E-state index is -0.119. The first-order valence-corrected chi connectivity index (χ1v) is 22.6. The average Bonchev–Trinajstić information content (AvgIpc) is 3.85. The molecule has 1 aromatic heterocycles. The predicted octanol–water partition coefficient (Wildman–Crippen LogP) is 17.5. The van der Waals surface area contributed by atoms with Gasteiger partial charge in [0.25, 0.3) is 0 Å². The van der Waals surface area contributed by atoms with Crippen molar-refractivity contribution in [3.63, 3.8) is 0 Å². The van der Waals surface area contributed by atoms with Gasteiger partial charge in [-0.05, 0) is 130 Å². The second kappa shape index (κ2) is 13.7. The molecule has 0 saturated carbocycles. The summed E-state index contributed by atoms with van der Waals surface area (Å²) in [6.45, 7) is 4.67. The zero-order valence-electron chi connectivity index (χ0n) is 36.2. The summed E-state index contributed by atoms with van der Waals surface area (Å²) in [6.07, 6.45) is 0. The molecule has 3 aliphatic rings. The van der Waals surface area contributed by atoms with Crippen LogP contribution < -0.4 is 19.3 Å². The first-order valence-electron chi connectivity index (χ1n) is 22.6. The first kappa shape index (κ1) is 36.9. The van der Waals surface area contributed by atoms with Gasteiger partial charge in [0.1, 0.15) is 28.6 Å². The number of furan rings is 1. The van der Waals surface area contributed by atoms with Gasteiger partial charge in [0, 0.05) is 73.0 Å². The van der Waals surface area contributed by atoms with Crippen LogP contribution in [0.25, 0.3) is 66.1 Å². The van der Waals surface area contributed by atoms with Gasteiger partial charge < -0.3 is 23.7 Å². The number of nitrogens with zero attached hydrogens (tertiary/aromatic N) is 2. The molecule has 1 aliphatic carbocycles. The molecule has 0 N–H and O–H groups in total. The molecule has 3 heterocycles. The van der Waals surface area contributed by atoms with Gasteiger partial charge in [-0.25, -0.2) is 0 Å². The van der Waals surface area contributed by atoms with Crippen molar-refractivity contribution in [1.82, 2.24) is 0 Å². The van der Waals surface area contributed by atoms with Crippen LogP contribution in [0, 0.1) is 0 Å². The van der Waals surface area contributed by atoms with Gasteiger partial charge >= 0.3 is 0 Å². The maximum Gasteiger partial charge on any atom is 0.159 e. The van der Waals surface area contributed by atoms with Crippen LogP contribution in [-0.4, -0.2) is 0 Å². The highest BCUT2D eigenvalue weighted by Crippen LogP contribution is 2.57. The van der Waals surface area contributed by atoms with Crippen molar-refractivity contribution in [3.8, 4) is 56.4 Å². The number of hydrogen-bond acceptors (Lipinski definition) is 5. The fraction of sp³-hybridized carbons (Fsp3) is 0.0492. The minimum absolute atomic E-state index is 0.119. The Kier molecular flexibility index (Phi) is 7.68. The summed E-state index contributed by atoms with van der Waals surface area (Å²) in [5.74, 6) is 3.24. The Morgan fingerprint density at radius 3 is 1.55 bits per heavy atom. The number of benzene rings is 10. The van der Waals surface area contributed by atoms with Crippen LogP contribution in [0.5, 0.6) is 23.0 Å². The molecular formula is C61H40N2O3. The molecule has 10 aromatic carbocycles. The maximum atomic E-state index is 6.94. The molecule has 14 rings (SSSR count). The summed E-state index contributed by atoms with van der Waals surface area (Å²) >= 11 is 0. The molecular weight excluding hydrogens is 809 g/mol. The van der Waals surface area contributed by atoms with Crippen LogP contribution in [-0.2, 0) is 5.41 Å². The highest BCUT2D eigenvalue weighted by Gasteiger charge is 2.36. The molecule has 0 atom stereocenters. The van der Waals surface area contributed by atoms with Crippen molar-refractivity contribution in [2.24, 2.45) is 0 Å². The van der Waals surface area contributed by atoms with Gasteiger partial charge in [0.05, 0.1) is 11.4 Å². The third-order valence-electron chi connectivity index (χ3n) is 14.0. The topological polar surface area (TPSA) is 38.1 Å². The number of anilines is 6. The molecule has 0 amide bonds. The van der Waals surface area contributed by atoms with E-state index in [1.54, 1.807) is 0 Å². The quantitative estimate of drug-likeness (QED) is 0.167. The van der Waals surface area contributed by atoms with Crippen molar-refractivity contribution in [2.75, 3.05) is 9.80 Å². The minimum Gasteiger partial charge on any atom is -0.456 e. The molecule has 0 radical (unpaired) electrons. The smallest absolute Gasteiger partial charge is 0.159 e. The molecule has 0 spiro atoms. The number of rotatable bonds is 6. The molecule has 0 unspecified atom stereocenters. The standard InChI is InChI=1S/C61H40N2O3/c1-61(2)50-21-11-9-18-42(50)43-27-24-39(34-51(43)61)62(37-14-5-3-6-15-37)40-25-28-45-47-30-33-55-59-48(31-32-54(58(47)59)64-56(45)35-40)46-29-26-41(36-57(46)65-55)63(38-16-7-4-8-17-38)52-22-13-20-49-44-19-10-12-23-53(44)66-60(49)52/h3-36H,1-2H3. The predicted molar refractivity (Wildman–Crippen MR) is 269 cm³/mol. The van der Waals surface area contributed by atoms with E-state index in [1.807, 2.05) is 18.2 Å². The van der Waals surface area contributed by atoms with Crippen LogP contribution in [0.1, 0.15) is 25.0 Å². The lowest BCUT2D eigenvalue weighted by Crippen LogP contribution is -2.16. The average molecular weight is 849 g/mol.